The molecule has 1 aromatic rings. The molecule has 1 heterocycles. The predicted molar refractivity (Wildman–Crippen MR) is 83.0 cm³/mol. The smallest absolute Gasteiger partial charge is 0.137 e. The van der Waals surface area contributed by atoms with Crippen molar-refractivity contribution >= 4 is 30.3 Å². The molecular weight excluding hydrogens is 357 g/mol. The second-order valence-corrected chi connectivity index (χ2v) is 6.60. The van der Waals surface area contributed by atoms with Gasteiger partial charge in [-0.2, -0.15) is 0 Å². The van der Waals surface area contributed by atoms with E-state index in [0.717, 1.165) is 23.7 Å². The minimum Gasteiger partial charge on any atom is -0.508 e. The number of nitrogens with zero attached hydrogens (tertiary/aromatic N) is 3. The van der Waals surface area contributed by atoms with Crippen molar-refractivity contribution in [2.45, 2.75) is 13.8 Å². The van der Waals surface area contributed by atoms with Crippen LogP contribution in [0.15, 0.2) is 46.8 Å². The summed E-state index contributed by atoms with van der Waals surface area (Å²) in [4.78, 5) is 0. The molecule has 19 heavy (non-hydrogen) atoms. The quantitative estimate of drug-likeness (QED) is 0.471. The molecule has 0 fully saturated rings. The van der Waals surface area contributed by atoms with Gasteiger partial charge in [0.2, 0.25) is 0 Å². The van der Waals surface area contributed by atoms with Gasteiger partial charge in [0.05, 0.1) is 26.7 Å². The van der Waals surface area contributed by atoms with Crippen LogP contribution in [0.25, 0.3) is 0 Å². The summed E-state index contributed by atoms with van der Waals surface area (Å²) >= 11 is -0.742. The van der Waals surface area contributed by atoms with Gasteiger partial charge in [0.1, 0.15) is 9.38 Å². The van der Waals surface area contributed by atoms with Crippen LogP contribution in [0.5, 0.6) is 5.75 Å². The molecule has 5 nitrogen and oxygen atoms in total. The van der Waals surface area contributed by atoms with E-state index < -0.39 is 21.0 Å². The number of aryl methyl sites for hydroxylation is 2. The summed E-state index contributed by atoms with van der Waals surface area (Å²) in [5, 5.41) is 27.4. The number of aromatic hydroxyl groups is 1. The third kappa shape index (κ3) is 3.71. The molecule has 1 aliphatic rings. The number of rotatable bonds is 2. The van der Waals surface area contributed by atoms with E-state index in [9.17, 15) is 10.3 Å². The van der Waals surface area contributed by atoms with Crippen LogP contribution in [-0.2, 0) is 0 Å². The Labute approximate surface area is 121 Å². The lowest BCUT2D eigenvalue weighted by Gasteiger charge is -2.04. The maximum atomic E-state index is 9.58. The Bertz CT molecular complexity index is 606. The fraction of sp³-hybridized carbons (Fsp3) is 0.154. The van der Waals surface area contributed by atoms with Crippen LogP contribution in [0, 0.1) is 13.8 Å². The average Bonchev–Trinajstić information content (AvgIpc) is 2.56. The van der Waals surface area contributed by atoms with Crippen LogP contribution < -0.4 is 0 Å². The molecule has 0 radical (unpaired) electrons. The van der Waals surface area contributed by atoms with Crippen LogP contribution in [-0.4, -0.2) is 17.2 Å². The summed E-state index contributed by atoms with van der Waals surface area (Å²) in [6.45, 7) is 3.69. The van der Waals surface area contributed by atoms with Gasteiger partial charge in [0, 0.05) is 6.20 Å². The SMILES string of the molecule is Cc1cc(N=NC2=IN(O)C=CC=C2)c(C)cc1O. The maximum Gasteiger partial charge on any atom is 0.137 e. The van der Waals surface area contributed by atoms with E-state index in [0.29, 0.717) is 0 Å². The summed E-state index contributed by atoms with van der Waals surface area (Å²) in [6, 6.07) is 3.47. The van der Waals surface area contributed by atoms with Crippen molar-refractivity contribution in [3.05, 3.63) is 47.7 Å². The number of benzene rings is 1. The van der Waals surface area contributed by atoms with Crippen LogP contribution >= 0.6 is 21.0 Å². The molecule has 2 N–H and O–H groups in total. The minimum absolute atomic E-state index is 0.261. The molecule has 0 aliphatic carbocycles. The van der Waals surface area contributed by atoms with Gasteiger partial charge in [0.15, 0.2) is 0 Å². The first-order chi connectivity index (χ1) is 9.06. The Morgan fingerprint density at radius 1 is 1.11 bits per heavy atom. The number of hydroxylamine groups is 1. The van der Waals surface area contributed by atoms with Gasteiger partial charge in [-0.05, 0) is 49.3 Å². The maximum absolute atomic E-state index is 9.58. The number of hydrogen-bond acceptors (Lipinski definition) is 5. The van der Waals surface area contributed by atoms with E-state index in [1.165, 1.54) is 0 Å². The van der Waals surface area contributed by atoms with Crippen molar-refractivity contribution in [1.29, 1.82) is 0 Å². The van der Waals surface area contributed by atoms with Gasteiger partial charge >= 0.3 is 0 Å². The van der Waals surface area contributed by atoms with E-state index in [1.54, 1.807) is 24.4 Å². The van der Waals surface area contributed by atoms with E-state index in [2.05, 4.69) is 10.2 Å². The summed E-state index contributed by atoms with van der Waals surface area (Å²) < 4.78 is 1.92. The van der Waals surface area contributed by atoms with Crippen LogP contribution in [0.4, 0.5) is 5.69 Å². The number of hydrogen-bond donors (Lipinski definition) is 2. The van der Waals surface area contributed by atoms with Gasteiger partial charge in [0.25, 0.3) is 0 Å². The minimum atomic E-state index is -0.742. The third-order valence-electron chi connectivity index (χ3n) is 2.49. The molecule has 100 valence electrons. The first-order valence-corrected chi connectivity index (χ1v) is 7.67. The van der Waals surface area contributed by atoms with Crippen molar-refractivity contribution in [3.8, 4) is 5.75 Å². The van der Waals surface area contributed by atoms with Crippen molar-refractivity contribution in [2.24, 2.45) is 10.2 Å². The molecule has 0 saturated carbocycles. The molecule has 6 heteroatoms. The average molecular weight is 371 g/mol. The highest BCUT2D eigenvalue weighted by atomic mass is 127. The zero-order valence-corrected chi connectivity index (χ0v) is 12.7. The zero-order chi connectivity index (χ0) is 13.8. The molecule has 1 aromatic carbocycles. The second kappa shape index (κ2) is 6.07. The topological polar surface area (TPSA) is 68.4 Å². The molecule has 0 bridgehead atoms. The highest BCUT2D eigenvalue weighted by Gasteiger charge is 2.03. The van der Waals surface area contributed by atoms with Crippen LogP contribution in [0.3, 0.4) is 0 Å². The van der Waals surface area contributed by atoms with Gasteiger partial charge in [-0.1, -0.05) is 6.08 Å². The Morgan fingerprint density at radius 3 is 2.68 bits per heavy atom. The molecule has 0 spiro atoms. The Hall–Kier alpha value is -1.54. The Morgan fingerprint density at radius 2 is 1.89 bits per heavy atom. The van der Waals surface area contributed by atoms with Crippen LogP contribution in [0.1, 0.15) is 11.1 Å². The Kier molecular flexibility index (Phi) is 4.43. The van der Waals surface area contributed by atoms with E-state index in [4.69, 9.17) is 0 Å². The normalized spacial score (nSPS) is 15.3. The lowest BCUT2D eigenvalue weighted by atomic mass is 10.1. The van der Waals surface area contributed by atoms with E-state index >= 15 is 0 Å². The largest absolute Gasteiger partial charge is 0.508 e. The summed E-state index contributed by atoms with van der Waals surface area (Å²) in [6.07, 6.45) is 7.01. The van der Waals surface area contributed by atoms with Crippen molar-refractivity contribution < 1.29 is 10.3 Å². The highest BCUT2D eigenvalue weighted by molar-refractivity contribution is 14.2. The molecule has 1 aliphatic heterocycles. The van der Waals surface area contributed by atoms with Crippen molar-refractivity contribution in [3.63, 3.8) is 0 Å². The second-order valence-electron chi connectivity index (χ2n) is 4.02. The number of phenols is 1. The number of allylic oxidation sites excluding steroid dienone is 2. The molecule has 0 aromatic heterocycles. The first-order valence-electron chi connectivity index (χ1n) is 5.63. The Balaban J connectivity index is 2.26. The van der Waals surface area contributed by atoms with E-state index in [-0.39, 0.29) is 5.75 Å². The third-order valence-corrected chi connectivity index (χ3v) is 4.38. The van der Waals surface area contributed by atoms with E-state index in [1.807, 2.05) is 26.0 Å². The fourth-order valence-corrected chi connectivity index (χ4v) is 2.87. The lowest BCUT2D eigenvalue weighted by Crippen LogP contribution is -1.95. The standard InChI is InChI=1S/C13H14IN3O2/c1-9-8-12(18)10(2)7-11(9)15-16-13-5-3-4-6-17(19)14-13/h3-8,18-19H,1-2H3. The molecular formula is C13H14IN3O2. The van der Waals surface area contributed by atoms with Crippen molar-refractivity contribution in [1.82, 2.24) is 3.28 Å². The summed E-state index contributed by atoms with van der Waals surface area (Å²) in [5.74, 6) is 0.261. The fourth-order valence-electron chi connectivity index (χ4n) is 1.45. The summed E-state index contributed by atoms with van der Waals surface area (Å²) in [7, 11) is 0. The first kappa shape index (κ1) is 13.9. The van der Waals surface area contributed by atoms with Crippen molar-refractivity contribution in [2.75, 3.05) is 0 Å². The van der Waals surface area contributed by atoms with Crippen LogP contribution in [0.2, 0.25) is 0 Å². The number of halogens is 1. The summed E-state index contributed by atoms with van der Waals surface area (Å²) in [5.41, 5.74) is 2.35. The van der Waals surface area contributed by atoms with Gasteiger partial charge in [-0.15, -0.1) is 10.2 Å². The molecule has 0 saturated heterocycles. The highest BCUT2D eigenvalue weighted by Crippen LogP contribution is 2.27. The van der Waals surface area contributed by atoms with Gasteiger partial charge in [-0.25, -0.2) is 3.28 Å². The molecule has 0 atom stereocenters. The number of phenolic OH excluding ortho intramolecular Hbond substituents is 1. The molecule has 0 amide bonds. The number of azo groups is 1. The van der Waals surface area contributed by atoms with Gasteiger partial charge in [-0.3, -0.25) is 5.21 Å². The molecule has 2 rings (SSSR count). The molecule has 0 unspecified atom stereocenters. The van der Waals surface area contributed by atoms with Gasteiger partial charge < -0.3 is 5.11 Å². The predicted octanol–water partition coefficient (Wildman–Crippen LogP) is 3.88. The monoisotopic (exact) mass is 371 g/mol. The zero-order valence-electron chi connectivity index (χ0n) is 10.6. The lowest BCUT2D eigenvalue weighted by molar-refractivity contribution is 0.0928.